The Morgan fingerprint density at radius 3 is 1.17 bits per heavy atom. The van der Waals surface area contributed by atoms with E-state index in [1.54, 1.807) is 0 Å². The summed E-state index contributed by atoms with van der Waals surface area (Å²) in [6.45, 7) is 0. The molecule has 5 heteroatoms. The molecule has 0 rings (SSSR count). The third kappa shape index (κ3) is 30.5. The Labute approximate surface area is 85.5 Å². The summed E-state index contributed by atoms with van der Waals surface area (Å²) in [5.74, 6) is 0. The summed E-state index contributed by atoms with van der Waals surface area (Å²) >= 11 is 16.0. The van der Waals surface area contributed by atoms with E-state index in [4.69, 9.17) is 34.8 Å². The summed E-state index contributed by atoms with van der Waals surface area (Å²) in [6, 6.07) is 0. The van der Waals surface area contributed by atoms with E-state index in [-0.39, 0.29) is 27.3 Å². The molecule has 6 heavy (non-hydrogen) atoms. The smallest absolute Gasteiger partial charge is 0 e. The molecular weight excluding hydrogens is 353 g/mol. The zero-order valence-corrected chi connectivity index (χ0v) is 12.5. The van der Waals surface area contributed by atoms with E-state index >= 15 is 0 Å². The molecule has 0 amide bonds. The van der Waals surface area contributed by atoms with Gasteiger partial charge in [0.05, 0.1) is 0 Å². The maximum Gasteiger partial charge on any atom is 0 e. The molecule has 0 spiro atoms. The predicted octanol–water partition coefficient (Wildman–Crippen LogP) is 0.945. The van der Waals surface area contributed by atoms with E-state index in [2.05, 4.69) is 0 Å². The third-order valence-electron chi connectivity index (χ3n) is 0. The molecule has 0 aliphatic heterocycles. The van der Waals surface area contributed by atoms with Crippen molar-refractivity contribution in [1.82, 2.24) is 0 Å². The van der Waals surface area contributed by atoms with Crippen molar-refractivity contribution >= 4 is 57.8 Å². The molecule has 0 radical (unpaired) electrons. The first kappa shape index (κ1) is 11.4. The Morgan fingerprint density at radius 1 is 1.17 bits per heavy atom. The number of hydrogen-bond donors (Lipinski definition) is 0. The van der Waals surface area contributed by atoms with Crippen LogP contribution in [-0.4, -0.2) is 24.8 Å². The molecule has 0 fully saturated rings. The van der Waals surface area contributed by atoms with Crippen molar-refractivity contribution in [3.8, 4) is 0 Å². The van der Waals surface area contributed by atoms with Gasteiger partial charge in [-0.15, -0.1) is 0 Å². The van der Waals surface area contributed by atoms with Gasteiger partial charge in [-0.05, 0) is 0 Å². The van der Waals surface area contributed by atoms with Crippen molar-refractivity contribution in [2.24, 2.45) is 0 Å². The minimum absolute atomic E-state index is 0. The van der Waals surface area contributed by atoms with Crippen LogP contribution in [-0.2, 0) is 27.3 Å². The van der Waals surface area contributed by atoms with Gasteiger partial charge in [-0.1, -0.05) is 0 Å². The van der Waals surface area contributed by atoms with Crippen LogP contribution in [0.25, 0.3) is 0 Å². The molecule has 0 atom stereocenters. The van der Waals surface area contributed by atoms with Crippen LogP contribution in [0.3, 0.4) is 0 Å². The molecule has 0 aromatic rings. The predicted molar refractivity (Wildman–Crippen MR) is 28.8 cm³/mol. The van der Waals surface area contributed by atoms with Crippen LogP contribution in [0.5, 0.6) is 0 Å². The average Bonchev–Trinajstić information content (AvgIpc) is 0.722. The Morgan fingerprint density at radius 2 is 1.17 bits per heavy atom. The molecule has 0 nitrogen and oxygen atoms in total. The summed E-state index contributed by atoms with van der Waals surface area (Å²) in [5, 5.41) is 0. The average molecular weight is 355 g/mol. The fraction of sp³-hybridized carbons (Fsp3) is 1.00. The van der Waals surface area contributed by atoms with E-state index < -0.39 is 1.74 Å². The quantitative estimate of drug-likeness (QED) is 0.449. The second kappa shape index (κ2) is 4.49. The van der Waals surface area contributed by atoms with Crippen molar-refractivity contribution in [3.05, 3.63) is 0 Å². The minimum atomic E-state index is -0.953. The third-order valence-corrected chi connectivity index (χ3v) is 0. The fourth-order valence-corrected chi connectivity index (χ4v) is 0. The SMILES string of the molecule is Cl[C](Cl)(Cl)[SbH2].[Cd]. The van der Waals surface area contributed by atoms with E-state index in [0.717, 1.165) is 0 Å². The number of halogens is 3. The standard InChI is InChI=1S/CCl3.Cd.Sb.2H/c2-1(3)4;;;;. The molecule has 0 aliphatic rings. The van der Waals surface area contributed by atoms with Gasteiger partial charge in [-0.3, -0.25) is 0 Å². The van der Waals surface area contributed by atoms with Crippen molar-refractivity contribution in [2.75, 3.05) is 0 Å². The molecule has 0 aliphatic carbocycles. The summed E-state index contributed by atoms with van der Waals surface area (Å²) in [6.07, 6.45) is 0. The van der Waals surface area contributed by atoms with Gasteiger partial charge in [0, 0.05) is 27.3 Å². The van der Waals surface area contributed by atoms with Crippen LogP contribution in [0.4, 0.5) is 0 Å². The Kier molecular flexibility index (Phi) is 8.53. The van der Waals surface area contributed by atoms with Gasteiger partial charge in [0.2, 0.25) is 0 Å². The zero-order chi connectivity index (χ0) is 4.50. The van der Waals surface area contributed by atoms with Gasteiger partial charge >= 0.3 is 59.6 Å². The van der Waals surface area contributed by atoms with Crippen LogP contribution in [0, 0.1) is 0 Å². The Bertz CT molecular complexity index is 26.3. The fourth-order valence-electron chi connectivity index (χ4n) is 0. The van der Waals surface area contributed by atoms with Gasteiger partial charge in [-0.25, -0.2) is 0 Å². The number of alkyl halides is 3. The first-order valence-electron chi connectivity index (χ1n) is 0.856. The molecular formula is CH2CdCl3Sb. The first-order chi connectivity index (χ1) is 2.00. The molecule has 0 unspecified atom stereocenters. The normalized spacial score (nSPS) is 10.0. The second-order valence-electron chi connectivity index (χ2n) is 0.542. The number of rotatable bonds is 0. The Balaban J connectivity index is 0. The van der Waals surface area contributed by atoms with Crippen LogP contribution >= 0.6 is 34.8 Å². The van der Waals surface area contributed by atoms with Gasteiger partial charge in [0.15, 0.2) is 0 Å². The van der Waals surface area contributed by atoms with Crippen LogP contribution in [0.15, 0.2) is 0 Å². The second-order valence-corrected chi connectivity index (χ2v) is 8.52. The minimum Gasteiger partial charge on any atom is 0 e. The number of hydrogen-bond acceptors (Lipinski definition) is 0. The van der Waals surface area contributed by atoms with Crippen molar-refractivity contribution in [2.45, 2.75) is 1.74 Å². The molecule has 0 aromatic carbocycles. The van der Waals surface area contributed by atoms with E-state index in [9.17, 15) is 0 Å². The molecule has 0 aromatic heterocycles. The van der Waals surface area contributed by atoms with Crippen LogP contribution in [0.1, 0.15) is 0 Å². The van der Waals surface area contributed by atoms with Crippen LogP contribution < -0.4 is 0 Å². The van der Waals surface area contributed by atoms with Crippen molar-refractivity contribution in [1.29, 1.82) is 0 Å². The van der Waals surface area contributed by atoms with Gasteiger partial charge < -0.3 is 0 Å². The topological polar surface area (TPSA) is 0 Å². The molecule has 0 bridgehead atoms. The summed E-state index contributed by atoms with van der Waals surface area (Å²) < 4.78 is -0.953. The monoisotopic (exact) mass is 354 g/mol. The van der Waals surface area contributed by atoms with Crippen molar-refractivity contribution < 1.29 is 27.3 Å². The van der Waals surface area contributed by atoms with Gasteiger partial charge in [0.25, 0.3) is 0 Å². The molecule has 34 valence electrons. The molecule has 0 saturated heterocycles. The summed E-state index contributed by atoms with van der Waals surface area (Å²) in [4.78, 5) is 0. The first-order valence-corrected chi connectivity index (χ1v) is 3.64. The largest absolute Gasteiger partial charge is 0 e. The van der Waals surface area contributed by atoms with Crippen molar-refractivity contribution in [3.63, 3.8) is 0 Å². The zero-order valence-electron chi connectivity index (χ0n) is 2.92. The van der Waals surface area contributed by atoms with Gasteiger partial charge in [-0.2, -0.15) is 0 Å². The molecule has 0 saturated carbocycles. The van der Waals surface area contributed by atoms with Gasteiger partial charge in [0.1, 0.15) is 0 Å². The van der Waals surface area contributed by atoms with E-state index in [1.807, 2.05) is 0 Å². The van der Waals surface area contributed by atoms with E-state index in [0.29, 0.717) is 23.0 Å². The summed E-state index contributed by atoms with van der Waals surface area (Å²) in [7, 11) is 0. The molecule has 0 heterocycles. The maximum atomic E-state index is 5.12. The van der Waals surface area contributed by atoms with E-state index in [1.165, 1.54) is 0 Å². The summed E-state index contributed by atoms with van der Waals surface area (Å²) in [5.41, 5.74) is 0. The molecule has 0 N–H and O–H groups in total. The van der Waals surface area contributed by atoms with Crippen LogP contribution in [0.2, 0.25) is 0 Å². The maximum absolute atomic E-state index is 5.12. The Hall–Kier alpha value is 2.61.